The third-order valence-electron chi connectivity index (χ3n) is 3.63. The lowest BCUT2D eigenvalue weighted by Crippen LogP contribution is -2.42. The Balaban J connectivity index is 1.99. The minimum Gasteiger partial charge on any atom is -0.465 e. The summed E-state index contributed by atoms with van der Waals surface area (Å²) in [7, 11) is 0. The highest BCUT2D eigenvalue weighted by Crippen LogP contribution is 2.24. The molecule has 0 fully saturated rings. The predicted octanol–water partition coefficient (Wildman–Crippen LogP) is 3.49. The Kier molecular flexibility index (Phi) is 5.38. The number of hydrogen-bond acceptors (Lipinski definition) is 3. The number of halogens is 1. The van der Waals surface area contributed by atoms with Crippen molar-refractivity contribution in [3.8, 4) is 0 Å². The van der Waals surface area contributed by atoms with Gasteiger partial charge in [-0.05, 0) is 43.5 Å². The van der Waals surface area contributed by atoms with Crippen molar-refractivity contribution in [1.29, 1.82) is 0 Å². The summed E-state index contributed by atoms with van der Waals surface area (Å²) in [4.78, 5) is 13.9. The maximum absolute atomic E-state index is 11.7. The number of carbonyl (C=O) groups is 1. The average Bonchev–Trinajstić information content (AvgIpc) is 2.48. The lowest BCUT2D eigenvalue weighted by Gasteiger charge is -2.30. The maximum atomic E-state index is 11.7. The van der Waals surface area contributed by atoms with Gasteiger partial charge < -0.3 is 4.74 Å². The fraction of sp³-hybridized carbons (Fsp3) is 0.438. The number of rotatable bonds is 4. The second-order valence-corrected chi connectivity index (χ2v) is 5.82. The summed E-state index contributed by atoms with van der Waals surface area (Å²) in [5.74, 6) is -0.131. The standard InChI is InChI=1S/C16H20BrNO2/c1-3-20-16(19)12(2)18-10-8-14(9-11-18)13-4-6-15(17)7-5-13/h4-8,12H,3,9-11H2,1-2H3. The van der Waals surface area contributed by atoms with E-state index in [1.807, 2.05) is 13.8 Å². The summed E-state index contributed by atoms with van der Waals surface area (Å²) in [6.45, 7) is 5.88. The van der Waals surface area contributed by atoms with Gasteiger partial charge in [0.15, 0.2) is 0 Å². The van der Waals surface area contributed by atoms with Gasteiger partial charge in [0.1, 0.15) is 6.04 Å². The van der Waals surface area contributed by atoms with Gasteiger partial charge in [0.05, 0.1) is 6.61 Å². The zero-order valence-electron chi connectivity index (χ0n) is 11.9. The SMILES string of the molecule is CCOC(=O)C(C)N1CC=C(c2ccc(Br)cc2)CC1. The first kappa shape index (κ1) is 15.3. The lowest BCUT2D eigenvalue weighted by atomic mass is 9.99. The Bertz CT molecular complexity index is 496. The molecule has 1 aliphatic heterocycles. The molecule has 1 atom stereocenters. The Morgan fingerprint density at radius 2 is 2.10 bits per heavy atom. The van der Waals surface area contributed by atoms with Crippen LogP contribution in [0.15, 0.2) is 34.8 Å². The molecule has 108 valence electrons. The van der Waals surface area contributed by atoms with Crippen LogP contribution >= 0.6 is 15.9 Å². The summed E-state index contributed by atoms with van der Waals surface area (Å²) >= 11 is 3.45. The van der Waals surface area contributed by atoms with Crippen LogP contribution in [0.25, 0.3) is 5.57 Å². The van der Waals surface area contributed by atoms with Crippen LogP contribution in [0.1, 0.15) is 25.8 Å². The number of nitrogens with zero attached hydrogens (tertiary/aromatic N) is 1. The molecule has 0 aliphatic carbocycles. The molecule has 0 radical (unpaired) electrons. The zero-order chi connectivity index (χ0) is 14.5. The quantitative estimate of drug-likeness (QED) is 0.787. The van der Waals surface area contributed by atoms with E-state index in [2.05, 4.69) is 51.2 Å². The van der Waals surface area contributed by atoms with Gasteiger partial charge in [-0.3, -0.25) is 9.69 Å². The van der Waals surface area contributed by atoms with Crippen molar-refractivity contribution in [3.05, 3.63) is 40.4 Å². The van der Waals surface area contributed by atoms with Crippen molar-refractivity contribution in [2.24, 2.45) is 0 Å². The normalized spacial score (nSPS) is 17.4. The van der Waals surface area contributed by atoms with Crippen LogP contribution < -0.4 is 0 Å². The number of carbonyl (C=O) groups excluding carboxylic acids is 1. The van der Waals surface area contributed by atoms with E-state index >= 15 is 0 Å². The second-order valence-electron chi connectivity index (χ2n) is 4.91. The van der Waals surface area contributed by atoms with Gasteiger partial charge in [-0.2, -0.15) is 0 Å². The van der Waals surface area contributed by atoms with E-state index in [0.29, 0.717) is 6.61 Å². The molecule has 0 spiro atoms. The molecule has 1 unspecified atom stereocenters. The molecule has 4 heteroatoms. The molecule has 1 aromatic rings. The molecule has 1 heterocycles. The minimum absolute atomic E-state index is 0.131. The molecular formula is C16H20BrNO2. The third kappa shape index (κ3) is 3.70. The Morgan fingerprint density at radius 1 is 1.40 bits per heavy atom. The fourth-order valence-electron chi connectivity index (χ4n) is 2.37. The molecule has 0 saturated carbocycles. The highest BCUT2D eigenvalue weighted by atomic mass is 79.9. The number of ether oxygens (including phenoxy) is 1. The highest BCUT2D eigenvalue weighted by Gasteiger charge is 2.24. The van der Waals surface area contributed by atoms with Gasteiger partial charge in [0, 0.05) is 17.6 Å². The molecule has 3 nitrogen and oxygen atoms in total. The van der Waals surface area contributed by atoms with Crippen LogP contribution in [0.3, 0.4) is 0 Å². The van der Waals surface area contributed by atoms with E-state index in [9.17, 15) is 4.79 Å². The fourth-order valence-corrected chi connectivity index (χ4v) is 2.64. The minimum atomic E-state index is -0.169. The van der Waals surface area contributed by atoms with Gasteiger partial charge in [-0.15, -0.1) is 0 Å². The van der Waals surface area contributed by atoms with Gasteiger partial charge in [0.25, 0.3) is 0 Å². The van der Waals surface area contributed by atoms with Crippen molar-refractivity contribution < 1.29 is 9.53 Å². The van der Waals surface area contributed by atoms with E-state index in [-0.39, 0.29) is 12.0 Å². The smallest absolute Gasteiger partial charge is 0.323 e. The Labute approximate surface area is 128 Å². The summed E-state index contributed by atoms with van der Waals surface area (Å²) in [6, 6.07) is 8.20. The molecule has 0 saturated heterocycles. The van der Waals surface area contributed by atoms with Crippen LogP contribution in [0.5, 0.6) is 0 Å². The van der Waals surface area contributed by atoms with E-state index in [1.165, 1.54) is 11.1 Å². The monoisotopic (exact) mass is 337 g/mol. The third-order valence-corrected chi connectivity index (χ3v) is 4.16. The van der Waals surface area contributed by atoms with Gasteiger partial charge >= 0.3 is 5.97 Å². The second kappa shape index (κ2) is 7.04. The van der Waals surface area contributed by atoms with Crippen molar-refractivity contribution in [1.82, 2.24) is 4.90 Å². The Hall–Kier alpha value is -1.13. The Morgan fingerprint density at radius 3 is 2.65 bits per heavy atom. The first-order valence-electron chi connectivity index (χ1n) is 6.97. The molecule has 2 rings (SSSR count). The highest BCUT2D eigenvalue weighted by molar-refractivity contribution is 9.10. The average molecular weight is 338 g/mol. The van der Waals surface area contributed by atoms with E-state index < -0.39 is 0 Å². The van der Waals surface area contributed by atoms with Gasteiger partial charge in [0.2, 0.25) is 0 Å². The van der Waals surface area contributed by atoms with Crippen LogP contribution in [0, 0.1) is 0 Å². The summed E-state index contributed by atoms with van der Waals surface area (Å²) in [6.07, 6.45) is 3.17. The van der Waals surface area contributed by atoms with E-state index in [0.717, 1.165) is 24.0 Å². The topological polar surface area (TPSA) is 29.5 Å². The largest absolute Gasteiger partial charge is 0.465 e. The van der Waals surface area contributed by atoms with Crippen LogP contribution in [-0.2, 0) is 9.53 Å². The van der Waals surface area contributed by atoms with Gasteiger partial charge in [-0.25, -0.2) is 0 Å². The molecule has 0 N–H and O–H groups in total. The van der Waals surface area contributed by atoms with E-state index in [1.54, 1.807) is 0 Å². The van der Waals surface area contributed by atoms with Crippen LogP contribution in [-0.4, -0.2) is 36.6 Å². The molecule has 0 bridgehead atoms. The predicted molar refractivity (Wildman–Crippen MR) is 84.4 cm³/mol. The molecule has 1 aliphatic rings. The molecule has 20 heavy (non-hydrogen) atoms. The van der Waals surface area contributed by atoms with Crippen molar-refractivity contribution in [3.63, 3.8) is 0 Å². The molecule has 0 aromatic heterocycles. The number of esters is 1. The lowest BCUT2D eigenvalue weighted by molar-refractivity contribution is -0.148. The zero-order valence-corrected chi connectivity index (χ0v) is 13.5. The first-order chi connectivity index (χ1) is 9.61. The van der Waals surface area contributed by atoms with Crippen LogP contribution in [0.4, 0.5) is 0 Å². The van der Waals surface area contributed by atoms with Crippen molar-refractivity contribution in [2.75, 3.05) is 19.7 Å². The molecule has 1 aromatic carbocycles. The number of hydrogen-bond donors (Lipinski definition) is 0. The summed E-state index contributed by atoms with van der Waals surface area (Å²) in [5, 5.41) is 0. The van der Waals surface area contributed by atoms with Crippen molar-refractivity contribution in [2.45, 2.75) is 26.3 Å². The first-order valence-corrected chi connectivity index (χ1v) is 7.76. The van der Waals surface area contributed by atoms with Gasteiger partial charge in [-0.1, -0.05) is 34.1 Å². The van der Waals surface area contributed by atoms with E-state index in [4.69, 9.17) is 4.74 Å². The molecular weight excluding hydrogens is 318 g/mol. The van der Waals surface area contributed by atoms with Crippen molar-refractivity contribution >= 4 is 27.5 Å². The van der Waals surface area contributed by atoms with Crippen LogP contribution in [0.2, 0.25) is 0 Å². The molecule has 0 amide bonds. The summed E-state index contributed by atoms with van der Waals surface area (Å²) < 4.78 is 6.17. The number of benzene rings is 1. The summed E-state index contributed by atoms with van der Waals surface area (Å²) in [5.41, 5.74) is 2.61. The maximum Gasteiger partial charge on any atom is 0.323 e.